The first-order chi connectivity index (χ1) is 19.5. The maximum atomic E-state index is 12.6. The van der Waals surface area contributed by atoms with Crippen molar-refractivity contribution in [3.8, 4) is 5.75 Å². The Morgan fingerprint density at radius 2 is 1.53 bits per heavy atom. The van der Waals surface area contributed by atoms with Crippen LogP contribution in [-0.2, 0) is 6.18 Å². The molecule has 1 unspecified atom stereocenters. The van der Waals surface area contributed by atoms with E-state index in [9.17, 15) is 23.1 Å². The Hall–Kier alpha value is -2.43. The molecule has 2 N–H and O–H groups in total. The zero-order valence-corrected chi connectivity index (χ0v) is 28.0. The molecule has 0 heterocycles. The molecule has 12 heteroatoms. The summed E-state index contributed by atoms with van der Waals surface area (Å²) in [4.78, 5) is 11.0. The largest absolute Gasteiger partial charge is 1.00 e. The molecule has 4 aromatic carbocycles. The molecule has 5 nitrogen and oxygen atoms in total. The van der Waals surface area contributed by atoms with Gasteiger partial charge in [-0.05, 0) is 68.0 Å². The van der Waals surface area contributed by atoms with Gasteiger partial charge in [0.25, 0.3) is 0 Å². The number of rotatable bonds is 9. The van der Waals surface area contributed by atoms with Gasteiger partial charge in [-0.15, -0.1) is 12.4 Å². The molecular formula is C31H29Cl3F3N2NaO3. The fraction of sp³-hybridized carbons (Fsp3) is 0.194. The van der Waals surface area contributed by atoms with Crippen LogP contribution < -0.4 is 50.0 Å². The molecule has 0 saturated heterocycles. The number of alkyl halides is 3. The summed E-state index contributed by atoms with van der Waals surface area (Å²) in [6, 6.07) is 24.3. The van der Waals surface area contributed by atoms with E-state index in [0.717, 1.165) is 36.2 Å². The van der Waals surface area contributed by atoms with Crippen LogP contribution in [0.1, 0.15) is 39.6 Å². The minimum Gasteiger partial charge on any atom is -0.545 e. The first kappa shape index (κ1) is 38.6. The van der Waals surface area contributed by atoms with Gasteiger partial charge >= 0.3 is 35.7 Å². The number of carboxylic acids is 1. The van der Waals surface area contributed by atoms with Crippen LogP contribution in [0.15, 0.2) is 91.0 Å². The van der Waals surface area contributed by atoms with Gasteiger partial charge in [0.2, 0.25) is 0 Å². The van der Waals surface area contributed by atoms with Crippen molar-refractivity contribution in [3.05, 3.63) is 123 Å². The molecule has 1 atom stereocenters. The number of anilines is 2. The summed E-state index contributed by atoms with van der Waals surface area (Å²) in [6.07, 6.45) is -3.81. The maximum absolute atomic E-state index is 12.6. The molecule has 0 spiro atoms. The van der Waals surface area contributed by atoms with Gasteiger partial charge in [-0.1, -0.05) is 77.8 Å². The number of aryl methyl sites for hydroxylation is 1. The molecule has 0 aliphatic rings. The number of carbonyl (C=O) groups excluding carboxylic acids is 1. The van der Waals surface area contributed by atoms with Gasteiger partial charge in [-0.3, -0.25) is 0 Å². The van der Waals surface area contributed by atoms with E-state index in [2.05, 4.69) is 10.6 Å². The molecule has 0 radical (unpaired) electrons. The van der Waals surface area contributed by atoms with E-state index >= 15 is 0 Å². The van der Waals surface area contributed by atoms with Gasteiger partial charge in [0.05, 0.1) is 27.3 Å². The van der Waals surface area contributed by atoms with Crippen LogP contribution in [0.3, 0.4) is 0 Å². The number of benzene rings is 4. The van der Waals surface area contributed by atoms with Crippen molar-refractivity contribution in [2.45, 2.75) is 25.6 Å². The minimum atomic E-state index is -4.33. The molecule has 4 rings (SSSR count). The molecule has 0 fully saturated rings. The number of ether oxygens (including phenoxy) is 1. The summed E-state index contributed by atoms with van der Waals surface area (Å²) in [7, 11) is 1.85. The van der Waals surface area contributed by atoms with E-state index < -0.39 is 17.7 Å². The predicted molar refractivity (Wildman–Crippen MR) is 162 cm³/mol. The monoisotopic (exact) mass is 662 g/mol. The summed E-state index contributed by atoms with van der Waals surface area (Å²) in [5.74, 6) is -0.832. The van der Waals surface area contributed by atoms with Gasteiger partial charge in [-0.25, -0.2) is 0 Å². The topological polar surface area (TPSA) is 73.4 Å². The average Bonchev–Trinajstić information content (AvgIpc) is 2.96. The third-order valence-electron chi connectivity index (χ3n) is 5.98. The summed E-state index contributed by atoms with van der Waals surface area (Å²) < 4.78 is 43.6. The Morgan fingerprint density at radius 1 is 0.930 bits per heavy atom. The van der Waals surface area contributed by atoms with Gasteiger partial charge < -0.3 is 25.3 Å². The summed E-state index contributed by atoms with van der Waals surface area (Å²) >= 11 is 12.2. The third kappa shape index (κ3) is 11.5. The Bertz CT molecular complexity index is 1440. The first-order valence-electron chi connectivity index (χ1n) is 12.6. The number of halogens is 6. The van der Waals surface area contributed by atoms with Crippen molar-refractivity contribution in [3.63, 3.8) is 0 Å². The number of nitrogens with one attached hydrogen (secondary N) is 2. The van der Waals surface area contributed by atoms with Gasteiger partial charge in [-0.2, -0.15) is 13.2 Å². The van der Waals surface area contributed by atoms with Crippen LogP contribution in [0, 0.1) is 6.92 Å². The molecule has 43 heavy (non-hydrogen) atoms. The number of hydrogen-bond donors (Lipinski definition) is 2. The van der Waals surface area contributed by atoms with E-state index in [0.29, 0.717) is 27.2 Å². The van der Waals surface area contributed by atoms with E-state index in [1.165, 1.54) is 18.2 Å². The fourth-order valence-electron chi connectivity index (χ4n) is 3.80. The maximum Gasteiger partial charge on any atom is 1.00 e. The molecule has 4 aromatic rings. The zero-order chi connectivity index (χ0) is 30.0. The molecule has 0 aromatic heterocycles. The molecule has 0 aliphatic carbocycles. The number of carboxylic acid groups (broad SMARTS) is 1. The van der Waals surface area contributed by atoms with Crippen molar-refractivity contribution in [1.82, 2.24) is 5.32 Å². The van der Waals surface area contributed by atoms with Crippen LogP contribution in [0.5, 0.6) is 5.75 Å². The van der Waals surface area contributed by atoms with E-state index in [1.54, 1.807) is 30.3 Å². The number of para-hydroxylation sites is 1. The van der Waals surface area contributed by atoms with Crippen LogP contribution >= 0.6 is 35.6 Å². The van der Waals surface area contributed by atoms with Crippen molar-refractivity contribution < 1.29 is 57.4 Å². The number of aromatic carboxylic acids is 1. The SMILES string of the molecule is CNCCC(Oc1ccc(C(F)(F)F)cc1)c1ccccc1.Cc1ccc(Cl)c(Nc2ccccc2C(=O)[O-])c1Cl.Cl.[Na+]. The van der Waals surface area contributed by atoms with Crippen molar-refractivity contribution in [2.75, 3.05) is 18.9 Å². The molecule has 0 saturated carbocycles. The van der Waals surface area contributed by atoms with E-state index in [1.807, 2.05) is 44.3 Å². The third-order valence-corrected chi connectivity index (χ3v) is 6.78. The second kappa shape index (κ2) is 18.4. The molecule has 0 aliphatic heterocycles. The van der Waals surface area contributed by atoms with Crippen molar-refractivity contribution >= 4 is 53.0 Å². The number of hydrogen-bond acceptors (Lipinski definition) is 5. The predicted octanol–water partition coefficient (Wildman–Crippen LogP) is 5.27. The molecule has 224 valence electrons. The quantitative estimate of drug-likeness (QED) is 0.239. The zero-order valence-electron chi connectivity index (χ0n) is 23.7. The second-order valence-electron chi connectivity index (χ2n) is 8.94. The van der Waals surface area contributed by atoms with Crippen molar-refractivity contribution in [1.29, 1.82) is 0 Å². The second-order valence-corrected chi connectivity index (χ2v) is 9.73. The molecular weight excluding hydrogens is 635 g/mol. The van der Waals surface area contributed by atoms with Gasteiger partial charge in [0.15, 0.2) is 0 Å². The van der Waals surface area contributed by atoms with Crippen molar-refractivity contribution in [2.24, 2.45) is 0 Å². The summed E-state index contributed by atoms with van der Waals surface area (Å²) in [6.45, 7) is 2.59. The fourth-order valence-corrected chi connectivity index (χ4v) is 4.26. The van der Waals surface area contributed by atoms with Crippen LogP contribution in [-0.4, -0.2) is 19.6 Å². The first-order valence-corrected chi connectivity index (χ1v) is 13.3. The smallest absolute Gasteiger partial charge is 0.545 e. The standard InChI is InChI=1S/C17H18F3NO.C14H11Cl2NO2.ClH.Na/c1-21-12-11-16(13-5-3-2-4-6-13)22-15-9-7-14(8-10-15)17(18,19)20;1-8-6-7-10(15)13(12(8)16)17-11-5-3-2-4-9(11)14(18)19;;/h2-10,16,21H,11-12H2,1H3;2-7,17H,1H3,(H,18,19);1H;/q;;;+1/p-1. The van der Waals surface area contributed by atoms with Gasteiger partial charge in [0, 0.05) is 17.7 Å². The molecule has 0 bridgehead atoms. The van der Waals surface area contributed by atoms with Gasteiger partial charge in [0.1, 0.15) is 11.9 Å². The van der Waals surface area contributed by atoms with Crippen LogP contribution in [0.25, 0.3) is 0 Å². The Morgan fingerprint density at radius 3 is 2.12 bits per heavy atom. The Kier molecular flexibility index (Phi) is 16.5. The van der Waals surface area contributed by atoms with E-state index in [-0.39, 0.29) is 53.6 Å². The van der Waals surface area contributed by atoms with Crippen LogP contribution in [0.2, 0.25) is 10.0 Å². The number of carbonyl (C=O) groups is 1. The van der Waals surface area contributed by atoms with Crippen LogP contribution in [0.4, 0.5) is 24.5 Å². The minimum absolute atomic E-state index is 0. The molecule has 0 amide bonds. The van der Waals surface area contributed by atoms with E-state index in [4.69, 9.17) is 27.9 Å². The summed E-state index contributed by atoms with van der Waals surface area (Å²) in [5, 5.41) is 17.9. The Labute approximate surface area is 287 Å². The summed E-state index contributed by atoms with van der Waals surface area (Å²) in [5.41, 5.74) is 2.09. The average molecular weight is 664 g/mol. The Balaban J connectivity index is 0.000000415. The normalized spacial score (nSPS) is 11.1.